The second-order valence-electron chi connectivity index (χ2n) is 9.07. The number of likely N-dealkylation sites (tertiary alicyclic amines) is 1. The second kappa shape index (κ2) is 12.0. The van der Waals surface area contributed by atoms with Crippen molar-refractivity contribution in [3.63, 3.8) is 0 Å². The first-order valence-electron chi connectivity index (χ1n) is 12.3. The Bertz CT molecular complexity index is 1090. The van der Waals surface area contributed by atoms with E-state index in [9.17, 15) is 13.2 Å². The van der Waals surface area contributed by atoms with Gasteiger partial charge in [0.15, 0.2) is 0 Å². The van der Waals surface area contributed by atoms with Crippen LogP contribution in [0.1, 0.15) is 36.0 Å². The molecule has 1 N–H and O–H groups in total. The summed E-state index contributed by atoms with van der Waals surface area (Å²) in [4.78, 5) is 15.2. The Morgan fingerprint density at radius 3 is 2.37 bits per heavy atom. The first-order chi connectivity index (χ1) is 17.0. The van der Waals surface area contributed by atoms with Crippen molar-refractivity contribution in [3.05, 3.63) is 59.2 Å². The number of aryl methyl sites for hydroxylation is 1. The molecule has 2 aliphatic heterocycles. The molecule has 2 heterocycles. The molecule has 0 unspecified atom stereocenters. The molecule has 0 atom stereocenters. The Labute approximate surface area is 208 Å². The fourth-order valence-electron chi connectivity index (χ4n) is 4.55. The number of hydrogen-bond donors (Lipinski definition) is 1. The van der Waals surface area contributed by atoms with Gasteiger partial charge in [-0.05, 0) is 67.2 Å². The van der Waals surface area contributed by atoms with Crippen LogP contribution in [0.2, 0.25) is 0 Å². The average Bonchev–Trinajstić information content (AvgIpc) is 3.40. The highest BCUT2D eigenvalue weighted by atomic mass is 32.2. The van der Waals surface area contributed by atoms with Crippen LogP contribution in [0.4, 0.5) is 0 Å². The topological polar surface area (TPSA) is 88.2 Å². The average molecular weight is 502 g/mol. The number of carbonyl (C=O) groups excluding carboxylic acids is 1. The van der Waals surface area contributed by atoms with Gasteiger partial charge in [0, 0.05) is 32.6 Å². The number of rotatable bonds is 10. The number of nitrogens with one attached hydrogen (secondary N) is 1. The van der Waals surface area contributed by atoms with Crippen molar-refractivity contribution in [2.75, 3.05) is 46.5 Å². The van der Waals surface area contributed by atoms with Gasteiger partial charge in [-0.2, -0.15) is 4.31 Å². The molecule has 190 valence electrons. The molecule has 35 heavy (non-hydrogen) atoms. The van der Waals surface area contributed by atoms with Crippen molar-refractivity contribution in [1.29, 1.82) is 0 Å². The van der Waals surface area contributed by atoms with Crippen LogP contribution in [0.3, 0.4) is 0 Å². The number of hydrogen-bond acceptors (Lipinski definition) is 6. The molecule has 0 spiro atoms. The van der Waals surface area contributed by atoms with Crippen LogP contribution in [0.5, 0.6) is 5.75 Å². The van der Waals surface area contributed by atoms with E-state index in [2.05, 4.69) is 34.5 Å². The molecular formula is C26H35N3O5S. The molecule has 0 aliphatic carbocycles. The van der Waals surface area contributed by atoms with E-state index in [0.717, 1.165) is 12.1 Å². The zero-order valence-electron chi connectivity index (χ0n) is 20.4. The Kier molecular flexibility index (Phi) is 8.78. The number of methoxy groups -OCH3 is 1. The lowest BCUT2D eigenvalue weighted by atomic mass is 10.1. The Morgan fingerprint density at radius 2 is 1.69 bits per heavy atom. The summed E-state index contributed by atoms with van der Waals surface area (Å²) in [6.45, 7) is 5.25. The van der Waals surface area contributed by atoms with Crippen LogP contribution in [-0.4, -0.2) is 70.0 Å². The van der Waals surface area contributed by atoms with E-state index >= 15 is 0 Å². The third-order valence-electron chi connectivity index (χ3n) is 6.60. The highest BCUT2D eigenvalue weighted by molar-refractivity contribution is 7.89. The number of morpholine rings is 1. The van der Waals surface area contributed by atoms with Crippen LogP contribution in [0.15, 0.2) is 47.4 Å². The van der Waals surface area contributed by atoms with E-state index in [1.165, 1.54) is 35.8 Å². The maximum absolute atomic E-state index is 13.0. The molecule has 9 heteroatoms. The smallest absolute Gasteiger partial charge is 0.243 e. The fraction of sp³-hybridized carbons (Fsp3) is 0.500. The van der Waals surface area contributed by atoms with Crippen LogP contribution in [0.25, 0.3) is 0 Å². The van der Waals surface area contributed by atoms with Gasteiger partial charge in [0.2, 0.25) is 15.9 Å². The molecule has 0 saturated carbocycles. The maximum atomic E-state index is 13.0. The quantitative estimate of drug-likeness (QED) is 0.538. The van der Waals surface area contributed by atoms with E-state index in [4.69, 9.17) is 9.47 Å². The molecule has 2 aliphatic rings. The second-order valence-corrected chi connectivity index (χ2v) is 11.0. The molecule has 4 rings (SSSR count). The summed E-state index contributed by atoms with van der Waals surface area (Å²) in [6, 6.07) is 13.2. The molecular weight excluding hydrogens is 466 g/mol. The molecule has 8 nitrogen and oxygen atoms in total. The minimum atomic E-state index is -3.61. The largest absolute Gasteiger partial charge is 0.496 e. The van der Waals surface area contributed by atoms with E-state index in [1.807, 2.05) is 0 Å². The lowest BCUT2D eigenvalue weighted by Gasteiger charge is -2.26. The zero-order chi connectivity index (χ0) is 24.7. The fourth-order valence-corrected chi connectivity index (χ4v) is 6.00. The Balaban J connectivity index is 1.31. The van der Waals surface area contributed by atoms with Crippen LogP contribution in [-0.2, 0) is 39.1 Å². The summed E-state index contributed by atoms with van der Waals surface area (Å²) in [7, 11) is -2.07. The summed E-state index contributed by atoms with van der Waals surface area (Å²) < 4.78 is 38.1. The first-order valence-corrected chi connectivity index (χ1v) is 13.7. The highest BCUT2D eigenvalue weighted by Gasteiger charge is 2.27. The predicted molar refractivity (Wildman–Crippen MR) is 134 cm³/mol. The van der Waals surface area contributed by atoms with Gasteiger partial charge in [-0.1, -0.05) is 24.3 Å². The summed E-state index contributed by atoms with van der Waals surface area (Å²) in [5.74, 6) is 0.488. The minimum Gasteiger partial charge on any atom is -0.496 e. The summed E-state index contributed by atoms with van der Waals surface area (Å²) >= 11 is 0. The predicted octanol–water partition coefficient (Wildman–Crippen LogP) is 2.56. The van der Waals surface area contributed by atoms with Gasteiger partial charge < -0.3 is 14.8 Å². The van der Waals surface area contributed by atoms with Crippen LogP contribution < -0.4 is 10.1 Å². The van der Waals surface area contributed by atoms with Gasteiger partial charge in [0.05, 0.1) is 25.2 Å². The number of benzene rings is 2. The van der Waals surface area contributed by atoms with Crippen molar-refractivity contribution in [2.45, 2.75) is 43.7 Å². The molecule has 1 amide bonds. The Hall–Kier alpha value is -2.46. The summed E-state index contributed by atoms with van der Waals surface area (Å²) in [5, 5.41) is 2.97. The molecule has 0 bridgehead atoms. The van der Waals surface area contributed by atoms with Gasteiger partial charge in [0.1, 0.15) is 5.75 Å². The van der Waals surface area contributed by atoms with Crippen molar-refractivity contribution in [2.24, 2.45) is 0 Å². The van der Waals surface area contributed by atoms with E-state index < -0.39 is 10.0 Å². The van der Waals surface area contributed by atoms with Crippen molar-refractivity contribution >= 4 is 15.9 Å². The van der Waals surface area contributed by atoms with Crippen molar-refractivity contribution in [1.82, 2.24) is 14.5 Å². The Morgan fingerprint density at radius 1 is 1.00 bits per heavy atom. The SMILES string of the molecule is COc1ccc(S(=O)(=O)N2CCOCC2)cc1CCC(=O)NCc1ccc(CN2CCCC2)cc1. The normalized spacial score (nSPS) is 17.4. The van der Waals surface area contributed by atoms with Crippen molar-refractivity contribution in [3.8, 4) is 5.75 Å². The summed E-state index contributed by atoms with van der Waals surface area (Å²) in [5.41, 5.74) is 3.05. The van der Waals surface area contributed by atoms with E-state index in [0.29, 0.717) is 50.6 Å². The van der Waals surface area contributed by atoms with Gasteiger partial charge >= 0.3 is 0 Å². The first kappa shape index (κ1) is 25.6. The molecule has 2 saturated heterocycles. The molecule has 0 aromatic heterocycles. The number of amides is 1. The third kappa shape index (κ3) is 6.82. The van der Waals surface area contributed by atoms with Gasteiger partial charge in [0.25, 0.3) is 0 Å². The third-order valence-corrected chi connectivity index (χ3v) is 8.49. The van der Waals surface area contributed by atoms with Crippen molar-refractivity contribution < 1.29 is 22.7 Å². The van der Waals surface area contributed by atoms with Gasteiger partial charge in [-0.3, -0.25) is 9.69 Å². The molecule has 2 aromatic carbocycles. The monoisotopic (exact) mass is 501 g/mol. The van der Waals surface area contributed by atoms with E-state index in [-0.39, 0.29) is 17.2 Å². The van der Waals surface area contributed by atoms with Crippen LogP contribution in [0, 0.1) is 0 Å². The molecule has 2 fully saturated rings. The lowest BCUT2D eigenvalue weighted by molar-refractivity contribution is -0.121. The van der Waals surface area contributed by atoms with Crippen LogP contribution >= 0.6 is 0 Å². The molecule has 0 radical (unpaired) electrons. The maximum Gasteiger partial charge on any atom is 0.243 e. The minimum absolute atomic E-state index is 0.0883. The van der Waals surface area contributed by atoms with Gasteiger partial charge in [-0.25, -0.2) is 8.42 Å². The standard InChI is InChI=1S/C26H35N3O5S/c1-33-25-10-9-24(35(31,32)29-14-16-34-17-15-29)18-23(25)8-11-26(30)27-19-21-4-6-22(7-5-21)20-28-12-2-3-13-28/h4-7,9-10,18H,2-3,8,11-17,19-20H2,1H3,(H,27,30). The number of ether oxygens (including phenoxy) is 2. The number of sulfonamides is 1. The highest BCUT2D eigenvalue weighted by Crippen LogP contribution is 2.26. The molecule has 2 aromatic rings. The van der Waals surface area contributed by atoms with Gasteiger partial charge in [-0.15, -0.1) is 0 Å². The summed E-state index contributed by atoms with van der Waals surface area (Å²) in [6.07, 6.45) is 3.19. The zero-order valence-corrected chi connectivity index (χ0v) is 21.2. The number of carbonyl (C=O) groups is 1. The van der Waals surface area contributed by atoms with E-state index in [1.54, 1.807) is 25.3 Å². The lowest BCUT2D eigenvalue weighted by Crippen LogP contribution is -2.40. The number of nitrogens with zero attached hydrogens (tertiary/aromatic N) is 2.